The summed E-state index contributed by atoms with van der Waals surface area (Å²) >= 11 is 0. The molecular formula is C18H31NO. The number of hydrogen-bond acceptors (Lipinski definition) is 2. The van der Waals surface area contributed by atoms with Gasteiger partial charge in [-0.15, -0.1) is 0 Å². The average molecular weight is 277 g/mol. The molecule has 0 aliphatic heterocycles. The standard InChI is InChI=1S/C18H31NO/c1-13(2)9-10-19-12-16(6)20-17-7-8-18(14(3)4)15(5)11-17/h7-8,11,13-14,16,19H,9-10,12H2,1-6H3. The van der Waals surface area contributed by atoms with Crippen LogP contribution >= 0.6 is 0 Å². The van der Waals surface area contributed by atoms with Gasteiger partial charge in [0.2, 0.25) is 0 Å². The maximum Gasteiger partial charge on any atom is 0.120 e. The highest BCUT2D eigenvalue weighted by molar-refractivity contribution is 5.36. The Morgan fingerprint density at radius 3 is 2.35 bits per heavy atom. The van der Waals surface area contributed by atoms with Gasteiger partial charge < -0.3 is 10.1 Å². The molecule has 0 bridgehead atoms. The lowest BCUT2D eigenvalue weighted by Crippen LogP contribution is -2.30. The molecule has 1 aromatic rings. The van der Waals surface area contributed by atoms with E-state index in [1.807, 2.05) is 0 Å². The zero-order valence-corrected chi connectivity index (χ0v) is 14.0. The van der Waals surface area contributed by atoms with Gasteiger partial charge in [0, 0.05) is 6.54 Å². The summed E-state index contributed by atoms with van der Waals surface area (Å²) in [5, 5.41) is 3.46. The first-order chi connectivity index (χ1) is 9.40. The summed E-state index contributed by atoms with van der Waals surface area (Å²) in [6.45, 7) is 15.2. The van der Waals surface area contributed by atoms with E-state index in [4.69, 9.17) is 4.74 Å². The Kier molecular flexibility index (Phi) is 7.08. The maximum atomic E-state index is 5.97. The molecule has 1 N–H and O–H groups in total. The fraction of sp³-hybridized carbons (Fsp3) is 0.667. The highest BCUT2D eigenvalue weighted by Crippen LogP contribution is 2.23. The van der Waals surface area contributed by atoms with E-state index in [1.165, 1.54) is 17.5 Å². The molecule has 1 atom stereocenters. The van der Waals surface area contributed by atoms with Gasteiger partial charge in [0.25, 0.3) is 0 Å². The van der Waals surface area contributed by atoms with Gasteiger partial charge in [0.05, 0.1) is 0 Å². The molecule has 0 aliphatic rings. The molecule has 0 fully saturated rings. The molecule has 1 aromatic carbocycles. The van der Waals surface area contributed by atoms with Crippen LogP contribution in [-0.4, -0.2) is 19.2 Å². The van der Waals surface area contributed by atoms with E-state index < -0.39 is 0 Å². The van der Waals surface area contributed by atoms with Gasteiger partial charge in [-0.05, 0) is 61.9 Å². The van der Waals surface area contributed by atoms with E-state index in [-0.39, 0.29) is 6.10 Å². The largest absolute Gasteiger partial charge is 0.489 e. The van der Waals surface area contributed by atoms with E-state index in [0.29, 0.717) is 5.92 Å². The summed E-state index contributed by atoms with van der Waals surface area (Å²) in [6.07, 6.45) is 1.42. The van der Waals surface area contributed by atoms with Gasteiger partial charge >= 0.3 is 0 Å². The third-order valence-corrected chi connectivity index (χ3v) is 3.53. The molecule has 0 aliphatic carbocycles. The van der Waals surface area contributed by atoms with Crippen molar-refractivity contribution in [1.82, 2.24) is 5.32 Å². The highest BCUT2D eigenvalue weighted by Gasteiger charge is 2.07. The second kappa shape index (κ2) is 8.31. The van der Waals surface area contributed by atoms with Crippen LogP contribution in [0.3, 0.4) is 0 Å². The minimum atomic E-state index is 0.200. The van der Waals surface area contributed by atoms with Crippen LogP contribution in [0.15, 0.2) is 18.2 Å². The average Bonchev–Trinajstić information content (AvgIpc) is 2.34. The van der Waals surface area contributed by atoms with Crippen LogP contribution in [0.25, 0.3) is 0 Å². The first-order valence-electron chi connectivity index (χ1n) is 7.88. The van der Waals surface area contributed by atoms with Gasteiger partial charge in [-0.1, -0.05) is 33.8 Å². The summed E-state index contributed by atoms with van der Waals surface area (Å²) < 4.78 is 5.97. The van der Waals surface area contributed by atoms with Crippen molar-refractivity contribution in [2.75, 3.05) is 13.1 Å². The lowest BCUT2D eigenvalue weighted by molar-refractivity contribution is 0.216. The van der Waals surface area contributed by atoms with Crippen molar-refractivity contribution in [3.8, 4) is 5.75 Å². The van der Waals surface area contributed by atoms with Gasteiger partial charge in [-0.3, -0.25) is 0 Å². The summed E-state index contributed by atoms with van der Waals surface area (Å²) in [7, 11) is 0. The smallest absolute Gasteiger partial charge is 0.120 e. The Morgan fingerprint density at radius 2 is 1.80 bits per heavy atom. The van der Waals surface area contributed by atoms with Gasteiger partial charge in [0.15, 0.2) is 0 Å². The Balaban J connectivity index is 2.42. The topological polar surface area (TPSA) is 21.3 Å². The molecule has 0 amide bonds. The summed E-state index contributed by atoms with van der Waals surface area (Å²) in [4.78, 5) is 0. The second-order valence-corrected chi connectivity index (χ2v) is 6.49. The fourth-order valence-electron chi connectivity index (χ4n) is 2.34. The fourth-order valence-corrected chi connectivity index (χ4v) is 2.34. The van der Waals surface area contributed by atoms with E-state index in [1.54, 1.807) is 0 Å². The van der Waals surface area contributed by atoms with Crippen LogP contribution < -0.4 is 10.1 Å². The normalized spacial score (nSPS) is 13.0. The molecule has 2 nitrogen and oxygen atoms in total. The highest BCUT2D eigenvalue weighted by atomic mass is 16.5. The number of benzene rings is 1. The number of hydrogen-bond donors (Lipinski definition) is 1. The molecule has 0 aromatic heterocycles. The van der Waals surface area contributed by atoms with Crippen molar-refractivity contribution in [2.24, 2.45) is 5.92 Å². The Morgan fingerprint density at radius 1 is 1.10 bits per heavy atom. The molecule has 1 unspecified atom stereocenters. The summed E-state index contributed by atoms with van der Waals surface area (Å²) in [5.41, 5.74) is 2.72. The number of aryl methyl sites for hydroxylation is 1. The molecular weight excluding hydrogens is 246 g/mol. The first kappa shape index (κ1) is 17.0. The Labute approximate surface area is 124 Å². The van der Waals surface area contributed by atoms with E-state index in [0.717, 1.165) is 24.8 Å². The van der Waals surface area contributed by atoms with Crippen LogP contribution in [0.5, 0.6) is 5.75 Å². The molecule has 0 spiro atoms. The second-order valence-electron chi connectivity index (χ2n) is 6.49. The van der Waals surface area contributed by atoms with Crippen LogP contribution in [0, 0.1) is 12.8 Å². The zero-order chi connectivity index (χ0) is 15.1. The van der Waals surface area contributed by atoms with Crippen molar-refractivity contribution in [3.63, 3.8) is 0 Å². The van der Waals surface area contributed by atoms with Gasteiger partial charge in [-0.2, -0.15) is 0 Å². The SMILES string of the molecule is Cc1cc(OC(C)CNCCC(C)C)ccc1C(C)C. The van der Waals surface area contributed by atoms with Crippen molar-refractivity contribution < 1.29 is 4.74 Å². The molecule has 1 rings (SSSR count). The summed E-state index contributed by atoms with van der Waals surface area (Å²) in [6, 6.07) is 6.43. The molecule has 20 heavy (non-hydrogen) atoms. The Bertz CT molecular complexity index is 398. The summed E-state index contributed by atoms with van der Waals surface area (Å²) in [5.74, 6) is 2.30. The Hall–Kier alpha value is -1.02. The predicted molar refractivity (Wildman–Crippen MR) is 87.7 cm³/mol. The number of nitrogens with one attached hydrogen (secondary N) is 1. The number of rotatable bonds is 8. The lowest BCUT2D eigenvalue weighted by Gasteiger charge is -2.18. The van der Waals surface area contributed by atoms with Crippen LogP contribution in [0.4, 0.5) is 0 Å². The lowest BCUT2D eigenvalue weighted by atomic mass is 9.98. The maximum absolute atomic E-state index is 5.97. The van der Waals surface area contributed by atoms with Gasteiger partial charge in [0.1, 0.15) is 11.9 Å². The van der Waals surface area contributed by atoms with E-state index in [9.17, 15) is 0 Å². The third kappa shape index (κ3) is 5.96. The van der Waals surface area contributed by atoms with Crippen LogP contribution in [-0.2, 0) is 0 Å². The predicted octanol–water partition coefficient (Wildman–Crippen LogP) is 4.52. The monoisotopic (exact) mass is 277 g/mol. The zero-order valence-electron chi connectivity index (χ0n) is 14.0. The molecule has 0 saturated heterocycles. The number of ether oxygens (including phenoxy) is 1. The molecule has 114 valence electrons. The van der Waals surface area contributed by atoms with Crippen LogP contribution in [0.2, 0.25) is 0 Å². The molecule has 0 heterocycles. The first-order valence-corrected chi connectivity index (χ1v) is 7.88. The molecule has 0 radical (unpaired) electrons. The van der Waals surface area contributed by atoms with Crippen molar-refractivity contribution in [2.45, 2.75) is 60.0 Å². The molecule has 2 heteroatoms. The minimum Gasteiger partial charge on any atom is -0.489 e. The third-order valence-electron chi connectivity index (χ3n) is 3.53. The quantitative estimate of drug-likeness (QED) is 0.705. The molecule has 0 saturated carbocycles. The van der Waals surface area contributed by atoms with E-state index >= 15 is 0 Å². The van der Waals surface area contributed by atoms with Gasteiger partial charge in [-0.25, -0.2) is 0 Å². The minimum absolute atomic E-state index is 0.200. The van der Waals surface area contributed by atoms with E-state index in [2.05, 4.69) is 65.1 Å². The van der Waals surface area contributed by atoms with Crippen LogP contribution in [0.1, 0.15) is 58.1 Å². The van der Waals surface area contributed by atoms with Crippen molar-refractivity contribution in [1.29, 1.82) is 0 Å². The van der Waals surface area contributed by atoms with Crippen molar-refractivity contribution >= 4 is 0 Å². The van der Waals surface area contributed by atoms with Crippen molar-refractivity contribution in [3.05, 3.63) is 29.3 Å².